The van der Waals surface area contributed by atoms with Crippen molar-refractivity contribution in [2.24, 2.45) is 5.92 Å². The number of likely N-dealkylation sites (tertiary alicyclic amines) is 1. The summed E-state index contributed by atoms with van der Waals surface area (Å²) in [6, 6.07) is 0.140. The zero-order valence-corrected chi connectivity index (χ0v) is 12.2. The first-order chi connectivity index (χ1) is 8.39. The van der Waals surface area contributed by atoms with E-state index in [2.05, 4.69) is 0 Å². The molecule has 1 heterocycles. The Hall–Kier alpha value is -0.290. The highest BCUT2D eigenvalue weighted by molar-refractivity contribution is 8.14. The molecule has 4 nitrogen and oxygen atoms in total. The fourth-order valence-corrected chi connectivity index (χ4v) is 4.19. The van der Waals surface area contributed by atoms with Crippen LogP contribution in [0.2, 0.25) is 0 Å². The fraction of sp³-hybridized carbons (Fsp3) is 0.917. The Morgan fingerprint density at radius 2 is 1.89 bits per heavy atom. The van der Waals surface area contributed by atoms with Gasteiger partial charge in [-0.15, -0.1) is 0 Å². The van der Waals surface area contributed by atoms with Gasteiger partial charge >= 0.3 is 0 Å². The van der Waals surface area contributed by atoms with E-state index < -0.39 is 14.3 Å². The van der Waals surface area contributed by atoms with Crippen molar-refractivity contribution in [2.75, 3.05) is 6.54 Å². The molecule has 2 rings (SSSR count). The highest BCUT2D eigenvalue weighted by Gasteiger charge is 2.40. The zero-order chi connectivity index (χ0) is 13.3. The molecule has 0 spiro atoms. The van der Waals surface area contributed by atoms with Crippen LogP contribution in [0.4, 0.5) is 0 Å². The molecule has 1 saturated heterocycles. The molecule has 1 aliphatic carbocycles. The number of carbonyl (C=O) groups is 1. The largest absolute Gasteiger partial charge is 0.338 e. The van der Waals surface area contributed by atoms with Crippen LogP contribution in [0.25, 0.3) is 0 Å². The first-order valence-corrected chi connectivity index (χ1v) is 9.00. The van der Waals surface area contributed by atoms with Gasteiger partial charge in [-0.3, -0.25) is 4.79 Å². The van der Waals surface area contributed by atoms with Crippen LogP contribution in [0.1, 0.15) is 45.4 Å². The van der Waals surface area contributed by atoms with Crippen molar-refractivity contribution in [1.82, 2.24) is 4.90 Å². The Bertz CT molecular complexity index is 417. The second-order valence-electron chi connectivity index (χ2n) is 5.49. The Labute approximate surface area is 113 Å². The molecule has 2 fully saturated rings. The summed E-state index contributed by atoms with van der Waals surface area (Å²) in [7, 11) is 1.73. The van der Waals surface area contributed by atoms with Gasteiger partial charge in [-0.05, 0) is 25.7 Å². The fourth-order valence-electron chi connectivity index (χ4n) is 3.15. The van der Waals surface area contributed by atoms with E-state index in [1.165, 1.54) is 19.3 Å². The standard InChI is InChI=1S/C12H20ClNO3S/c1-9(10-5-3-2-4-6-10)14-8-11(7-12(14)15)18(13,16)17/h9-11H,2-8H2,1H3. The van der Waals surface area contributed by atoms with Crippen molar-refractivity contribution < 1.29 is 13.2 Å². The minimum atomic E-state index is -3.62. The van der Waals surface area contributed by atoms with Gasteiger partial charge in [0.1, 0.15) is 5.25 Å². The minimum absolute atomic E-state index is 0.0445. The molecule has 1 saturated carbocycles. The van der Waals surface area contributed by atoms with Crippen molar-refractivity contribution in [3.05, 3.63) is 0 Å². The van der Waals surface area contributed by atoms with Crippen LogP contribution in [0.3, 0.4) is 0 Å². The summed E-state index contributed by atoms with van der Waals surface area (Å²) in [4.78, 5) is 13.6. The predicted molar refractivity (Wildman–Crippen MR) is 70.9 cm³/mol. The summed E-state index contributed by atoms with van der Waals surface area (Å²) in [6.07, 6.45) is 6.04. The molecule has 0 bridgehead atoms. The van der Waals surface area contributed by atoms with E-state index in [0.717, 1.165) is 12.8 Å². The van der Waals surface area contributed by atoms with Gasteiger partial charge in [-0.25, -0.2) is 8.42 Å². The maximum Gasteiger partial charge on any atom is 0.237 e. The van der Waals surface area contributed by atoms with E-state index in [1.54, 1.807) is 4.90 Å². The summed E-state index contributed by atoms with van der Waals surface area (Å²) in [5.74, 6) is 0.446. The Balaban J connectivity index is 2.02. The number of hydrogen-bond acceptors (Lipinski definition) is 3. The van der Waals surface area contributed by atoms with Gasteiger partial charge in [0.25, 0.3) is 0 Å². The average Bonchev–Trinajstić information content (AvgIpc) is 2.71. The van der Waals surface area contributed by atoms with E-state index in [0.29, 0.717) is 5.92 Å². The number of rotatable bonds is 3. The van der Waals surface area contributed by atoms with Crippen LogP contribution < -0.4 is 0 Å². The Morgan fingerprint density at radius 1 is 1.28 bits per heavy atom. The van der Waals surface area contributed by atoms with Crippen LogP contribution in [-0.4, -0.2) is 37.1 Å². The third-order valence-corrected chi connectivity index (χ3v) is 6.21. The van der Waals surface area contributed by atoms with E-state index >= 15 is 0 Å². The van der Waals surface area contributed by atoms with Crippen LogP contribution >= 0.6 is 10.7 Å². The van der Waals surface area contributed by atoms with E-state index in [-0.39, 0.29) is 24.9 Å². The van der Waals surface area contributed by atoms with Crippen molar-refractivity contribution in [2.45, 2.75) is 56.7 Å². The molecule has 104 valence electrons. The quantitative estimate of drug-likeness (QED) is 0.749. The lowest BCUT2D eigenvalue weighted by atomic mass is 9.84. The molecular formula is C12H20ClNO3S. The molecule has 2 aliphatic rings. The van der Waals surface area contributed by atoms with E-state index in [4.69, 9.17) is 10.7 Å². The lowest BCUT2D eigenvalue weighted by molar-refractivity contribution is -0.130. The molecular weight excluding hydrogens is 274 g/mol. The Kier molecular flexibility index (Phi) is 4.22. The summed E-state index contributed by atoms with van der Waals surface area (Å²) in [5, 5.41) is -0.724. The number of hydrogen-bond donors (Lipinski definition) is 0. The minimum Gasteiger partial charge on any atom is -0.338 e. The molecule has 0 N–H and O–H groups in total. The monoisotopic (exact) mass is 293 g/mol. The van der Waals surface area contributed by atoms with Crippen molar-refractivity contribution in [1.29, 1.82) is 0 Å². The molecule has 2 atom stereocenters. The van der Waals surface area contributed by atoms with Crippen LogP contribution in [0.5, 0.6) is 0 Å². The van der Waals surface area contributed by atoms with Gasteiger partial charge in [0, 0.05) is 29.7 Å². The Morgan fingerprint density at radius 3 is 2.39 bits per heavy atom. The molecule has 2 unspecified atom stereocenters. The normalized spacial score (nSPS) is 28.7. The molecule has 0 aromatic rings. The summed E-state index contributed by atoms with van der Waals surface area (Å²) < 4.78 is 22.6. The number of nitrogens with zero attached hydrogens (tertiary/aromatic N) is 1. The molecule has 0 radical (unpaired) electrons. The third kappa shape index (κ3) is 2.99. The molecule has 18 heavy (non-hydrogen) atoms. The van der Waals surface area contributed by atoms with Crippen LogP contribution in [0, 0.1) is 5.92 Å². The highest BCUT2D eigenvalue weighted by Crippen LogP contribution is 2.32. The lowest BCUT2D eigenvalue weighted by Gasteiger charge is -2.34. The van der Waals surface area contributed by atoms with Gasteiger partial charge in [-0.1, -0.05) is 19.3 Å². The molecule has 0 aromatic heterocycles. The second-order valence-corrected chi connectivity index (χ2v) is 8.39. The van der Waals surface area contributed by atoms with Gasteiger partial charge < -0.3 is 4.90 Å². The van der Waals surface area contributed by atoms with Crippen LogP contribution in [-0.2, 0) is 13.8 Å². The zero-order valence-electron chi connectivity index (χ0n) is 10.6. The van der Waals surface area contributed by atoms with Gasteiger partial charge in [0.2, 0.25) is 15.0 Å². The predicted octanol–water partition coefficient (Wildman–Crippen LogP) is 2.12. The SMILES string of the molecule is CC(C1CCCCC1)N1CC(S(=O)(=O)Cl)CC1=O. The first-order valence-electron chi connectivity index (χ1n) is 6.62. The maximum absolute atomic E-state index is 11.9. The molecule has 6 heteroatoms. The highest BCUT2D eigenvalue weighted by atomic mass is 35.7. The molecule has 1 aliphatic heterocycles. The van der Waals surface area contributed by atoms with Crippen molar-refractivity contribution in [3.8, 4) is 0 Å². The van der Waals surface area contributed by atoms with Gasteiger partial charge in [0.05, 0.1) is 0 Å². The average molecular weight is 294 g/mol. The molecule has 1 amide bonds. The maximum atomic E-state index is 11.9. The lowest BCUT2D eigenvalue weighted by Crippen LogP contribution is -2.41. The third-order valence-electron chi connectivity index (χ3n) is 4.34. The van der Waals surface area contributed by atoms with Crippen molar-refractivity contribution >= 4 is 25.6 Å². The first kappa shape index (κ1) is 14.1. The van der Waals surface area contributed by atoms with Gasteiger partial charge in [0.15, 0.2) is 0 Å². The van der Waals surface area contributed by atoms with Crippen molar-refractivity contribution in [3.63, 3.8) is 0 Å². The van der Waals surface area contributed by atoms with E-state index in [1.807, 2.05) is 6.92 Å². The topological polar surface area (TPSA) is 54.5 Å². The number of carbonyl (C=O) groups excluding carboxylic acids is 1. The smallest absolute Gasteiger partial charge is 0.237 e. The molecule has 0 aromatic carbocycles. The summed E-state index contributed by atoms with van der Waals surface area (Å²) in [6.45, 7) is 2.31. The summed E-state index contributed by atoms with van der Waals surface area (Å²) in [5.41, 5.74) is 0. The number of amides is 1. The van der Waals surface area contributed by atoms with Crippen LogP contribution in [0.15, 0.2) is 0 Å². The second kappa shape index (κ2) is 5.37. The number of halogens is 1. The van der Waals surface area contributed by atoms with Gasteiger partial charge in [-0.2, -0.15) is 0 Å². The summed E-state index contributed by atoms with van der Waals surface area (Å²) >= 11 is 0. The van der Waals surface area contributed by atoms with E-state index in [9.17, 15) is 13.2 Å².